The molecule has 0 saturated heterocycles. The Bertz CT molecular complexity index is 1270. The normalized spacial score (nSPS) is 10.7. The molecule has 4 aromatic rings. The highest BCUT2D eigenvalue weighted by atomic mass is 16.6. The van der Waals surface area contributed by atoms with Crippen molar-refractivity contribution < 1.29 is 19.3 Å². The Morgan fingerprint density at radius 3 is 1.47 bits per heavy atom. The van der Waals surface area contributed by atoms with Gasteiger partial charge in [-0.3, -0.25) is 20.2 Å². The van der Waals surface area contributed by atoms with E-state index in [0.29, 0.717) is 11.1 Å². The number of hydrogen-bond acceptors (Lipinski definition) is 6. The first-order valence-corrected chi connectivity index (χ1v) is 9.62. The topological polar surface area (TPSA) is 105 Å². The zero-order valence-electron chi connectivity index (χ0n) is 17.3. The lowest BCUT2D eigenvalue weighted by atomic mass is 9.91. The molecule has 0 bridgehead atoms. The van der Waals surface area contributed by atoms with Gasteiger partial charge in [0.1, 0.15) is 0 Å². The van der Waals surface area contributed by atoms with Crippen LogP contribution in [0.1, 0.15) is 0 Å². The standard InChI is InChI=1S/C24H18N2O6/c1-31-22-11-9-16(13-20(22)25(27)28)18-7-3-5-15-6-4-8-19(24(15)18)17-10-12-23(32-2)21(14-17)26(29)30/h3-14H,1-2H3. The summed E-state index contributed by atoms with van der Waals surface area (Å²) in [6, 6.07) is 20.9. The molecule has 0 aliphatic carbocycles. The van der Waals surface area contributed by atoms with Crippen molar-refractivity contribution in [3.8, 4) is 33.8 Å². The highest BCUT2D eigenvalue weighted by Crippen LogP contribution is 2.41. The van der Waals surface area contributed by atoms with Crippen LogP contribution in [0.2, 0.25) is 0 Å². The van der Waals surface area contributed by atoms with Crippen molar-refractivity contribution in [2.45, 2.75) is 0 Å². The fraction of sp³-hybridized carbons (Fsp3) is 0.0833. The minimum absolute atomic E-state index is 0.139. The maximum Gasteiger partial charge on any atom is 0.311 e. The number of nitro benzene ring substituents is 2. The van der Waals surface area contributed by atoms with Gasteiger partial charge in [0.05, 0.1) is 24.1 Å². The van der Waals surface area contributed by atoms with Gasteiger partial charge in [-0.05, 0) is 45.2 Å². The Balaban J connectivity index is 2.00. The zero-order chi connectivity index (χ0) is 22.8. The van der Waals surface area contributed by atoms with Crippen LogP contribution >= 0.6 is 0 Å². The second-order valence-corrected chi connectivity index (χ2v) is 7.00. The number of hydrogen-bond donors (Lipinski definition) is 0. The van der Waals surface area contributed by atoms with Gasteiger partial charge in [-0.15, -0.1) is 0 Å². The van der Waals surface area contributed by atoms with Crippen LogP contribution in [-0.2, 0) is 0 Å². The summed E-state index contributed by atoms with van der Waals surface area (Å²) in [6.45, 7) is 0. The van der Waals surface area contributed by atoms with Gasteiger partial charge in [0.2, 0.25) is 0 Å². The number of ether oxygens (including phenoxy) is 2. The summed E-state index contributed by atoms with van der Waals surface area (Å²) in [5.74, 6) is 0.343. The van der Waals surface area contributed by atoms with E-state index < -0.39 is 9.85 Å². The summed E-state index contributed by atoms with van der Waals surface area (Å²) in [6.07, 6.45) is 0. The summed E-state index contributed by atoms with van der Waals surface area (Å²) in [4.78, 5) is 22.1. The lowest BCUT2D eigenvalue weighted by Gasteiger charge is -2.13. The van der Waals surface area contributed by atoms with Crippen molar-refractivity contribution in [2.75, 3.05) is 14.2 Å². The van der Waals surface area contributed by atoms with E-state index in [2.05, 4.69) is 0 Å². The van der Waals surface area contributed by atoms with Crippen molar-refractivity contribution in [2.24, 2.45) is 0 Å². The molecular weight excluding hydrogens is 412 g/mol. The number of nitro groups is 2. The maximum atomic E-state index is 11.5. The predicted octanol–water partition coefficient (Wildman–Crippen LogP) is 6.01. The van der Waals surface area contributed by atoms with E-state index in [-0.39, 0.29) is 22.9 Å². The number of rotatable bonds is 6. The Morgan fingerprint density at radius 1 is 0.656 bits per heavy atom. The molecule has 4 aromatic carbocycles. The zero-order valence-corrected chi connectivity index (χ0v) is 17.3. The quantitative estimate of drug-likeness (QED) is 0.274. The molecule has 0 fully saturated rings. The van der Waals surface area contributed by atoms with Crippen LogP contribution in [0.4, 0.5) is 11.4 Å². The van der Waals surface area contributed by atoms with E-state index in [1.54, 1.807) is 24.3 Å². The van der Waals surface area contributed by atoms with Crippen LogP contribution in [0.5, 0.6) is 11.5 Å². The summed E-state index contributed by atoms with van der Waals surface area (Å²) in [5, 5.41) is 24.8. The maximum absolute atomic E-state index is 11.5. The van der Waals surface area contributed by atoms with Gasteiger partial charge in [0.25, 0.3) is 0 Å². The molecule has 0 amide bonds. The molecule has 0 spiro atoms. The number of methoxy groups -OCH3 is 2. The largest absolute Gasteiger partial charge is 0.490 e. The summed E-state index contributed by atoms with van der Waals surface area (Å²) in [7, 11) is 2.77. The van der Waals surface area contributed by atoms with Gasteiger partial charge in [0, 0.05) is 12.1 Å². The van der Waals surface area contributed by atoms with E-state index in [4.69, 9.17) is 9.47 Å². The van der Waals surface area contributed by atoms with E-state index in [0.717, 1.165) is 21.9 Å². The van der Waals surface area contributed by atoms with Crippen molar-refractivity contribution in [3.63, 3.8) is 0 Å². The Hall–Kier alpha value is -4.46. The first-order valence-electron chi connectivity index (χ1n) is 9.62. The Kier molecular flexibility index (Phi) is 5.43. The van der Waals surface area contributed by atoms with Crippen molar-refractivity contribution in [3.05, 3.63) is 93.0 Å². The van der Waals surface area contributed by atoms with Crippen LogP contribution in [0.25, 0.3) is 33.0 Å². The molecule has 4 rings (SSSR count). The molecule has 8 nitrogen and oxygen atoms in total. The fourth-order valence-electron chi connectivity index (χ4n) is 3.82. The van der Waals surface area contributed by atoms with Crippen LogP contribution in [0, 0.1) is 20.2 Å². The average molecular weight is 430 g/mol. The Labute approximate surface area is 182 Å². The second-order valence-electron chi connectivity index (χ2n) is 7.00. The van der Waals surface area contributed by atoms with Gasteiger partial charge in [0.15, 0.2) is 11.5 Å². The third-order valence-corrected chi connectivity index (χ3v) is 5.28. The van der Waals surface area contributed by atoms with Gasteiger partial charge in [-0.1, -0.05) is 48.5 Å². The van der Waals surface area contributed by atoms with Gasteiger partial charge in [-0.2, -0.15) is 0 Å². The number of benzene rings is 4. The molecule has 0 radical (unpaired) electrons. The third kappa shape index (κ3) is 3.58. The van der Waals surface area contributed by atoms with Gasteiger partial charge >= 0.3 is 11.4 Å². The van der Waals surface area contributed by atoms with Crippen LogP contribution in [-0.4, -0.2) is 24.1 Å². The molecule has 0 N–H and O–H groups in total. The Morgan fingerprint density at radius 2 is 1.09 bits per heavy atom. The molecule has 0 saturated carbocycles. The molecule has 0 aliphatic rings. The average Bonchev–Trinajstić information content (AvgIpc) is 2.82. The highest BCUT2D eigenvalue weighted by molar-refractivity contribution is 6.06. The summed E-state index contributed by atoms with van der Waals surface area (Å²) >= 11 is 0. The van der Waals surface area contributed by atoms with E-state index in [1.165, 1.54) is 26.4 Å². The lowest BCUT2D eigenvalue weighted by molar-refractivity contribution is -0.385. The predicted molar refractivity (Wildman–Crippen MR) is 121 cm³/mol. The number of nitrogens with zero attached hydrogens (tertiary/aromatic N) is 2. The molecule has 0 unspecified atom stereocenters. The molecule has 8 heteroatoms. The highest BCUT2D eigenvalue weighted by Gasteiger charge is 2.20. The van der Waals surface area contributed by atoms with E-state index in [1.807, 2.05) is 36.4 Å². The first kappa shape index (κ1) is 20.8. The van der Waals surface area contributed by atoms with Crippen LogP contribution in [0.3, 0.4) is 0 Å². The lowest BCUT2D eigenvalue weighted by Crippen LogP contribution is -1.95. The SMILES string of the molecule is COc1ccc(-c2cccc3cccc(-c4ccc(OC)c([N+](=O)[O-])c4)c23)cc1[N+](=O)[O-]. The van der Waals surface area contributed by atoms with E-state index in [9.17, 15) is 20.2 Å². The molecule has 0 aliphatic heterocycles. The molecule has 160 valence electrons. The second kappa shape index (κ2) is 8.35. The van der Waals surface area contributed by atoms with Crippen molar-refractivity contribution in [1.29, 1.82) is 0 Å². The van der Waals surface area contributed by atoms with E-state index >= 15 is 0 Å². The monoisotopic (exact) mass is 430 g/mol. The first-order chi connectivity index (χ1) is 15.4. The summed E-state index contributed by atoms with van der Waals surface area (Å²) < 4.78 is 10.2. The van der Waals surface area contributed by atoms with Gasteiger partial charge in [-0.25, -0.2) is 0 Å². The van der Waals surface area contributed by atoms with Crippen molar-refractivity contribution in [1.82, 2.24) is 0 Å². The minimum atomic E-state index is -0.485. The molecular formula is C24H18N2O6. The molecule has 0 atom stereocenters. The fourth-order valence-corrected chi connectivity index (χ4v) is 3.82. The third-order valence-electron chi connectivity index (χ3n) is 5.28. The molecule has 0 aromatic heterocycles. The van der Waals surface area contributed by atoms with Crippen LogP contribution in [0.15, 0.2) is 72.8 Å². The number of fused-ring (bicyclic) bond motifs is 1. The minimum Gasteiger partial charge on any atom is -0.490 e. The van der Waals surface area contributed by atoms with Gasteiger partial charge < -0.3 is 9.47 Å². The molecule has 0 heterocycles. The smallest absolute Gasteiger partial charge is 0.311 e. The van der Waals surface area contributed by atoms with Crippen LogP contribution < -0.4 is 9.47 Å². The van der Waals surface area contributed by atoms with Crippen molar-refractivity contribution >= 4 is 22.1 Å². The molecule has 32 heavy (non-hydrogen) atoms. The summed E-state index contributed by atoms with van der Waals surface area (Å²) in [5.41, 5.74) is 2.53.